The molecule has 9 atom stereocenters. The van der Waals surface area contributed by atoms with Gasteiger partial charge in [-0.05, 0) is 195 Å². The Morgan fingerprint density at radius 2 is 0.388 bits per heavy atom. The molecule has 9 aliphatic heterocycles. The molecule has 9 aliphatic rings. The van der Waals surface area contributed by atoms with E-state index < -0.39 is 6.10 Å². The van der Waals surface area contributed by atoms with Gasteiger partial charge >= 0.3 is 0 Å². The van der Waals surface area contributed by atoms with Crippen molar-refractivity contribution in [2.45, 2.75) is 98.4 Å². The van der Waals surface area contributed by atoms with Crippen molar-refractivity contribution in [3.8, 4) is 63.2 Å². The van der Waals surface area contributed by atoms with Gasteiger partial charge in [0.25, 0.3) is 0 Å². The predicted molar refractivity (Wildman–Crippen MR) is 450 cm³/mol. The number of rotatable bonds is 42. The molecule has 0 aliphatic carbocycles. The van der Waals surface area contributed by atoms with Crippen molar-refractivity contribution in [1.29, 1.82) is 0 Å². The van der Waals surface area contributed by atoms with E-state index in [9.17, 15) is 5.11 Å². The van der Waals surface area contributed by atoms with Gasteiger partial charge in [-0.25, -0.2) is 0 Å². The lowest BCUT2D eigenvalue weighted by Gasteiger charge is -2.26. The Bertz CT molecular complexity index is 4550. The number of hydrogen-bond acceptors (Lipinski definition) is 21. The minimum absolute atomic E-state index is 0.0447. The lowest BCUT2D eigenvalue weighted by Crippen LogP contribution is -2.25. The maximum atomic E-state index is 10.9. The maximum absolute atomic E-state index is 10.9. The first-order valence-corrected chi connectivity index (χ1v) is 41.8. The molecule has 0 amide bonds. The number of ether oxygens (including phenoxy) is 20. The first-order chi connectivity index (χ1) is 59.4. The van der Waals surface area contributed by atoms with Gasteiger partial charge in [-0.1, -0.05) is 147 Å². The third-order valence-electron chi connectivity index (χ3n) is 22.0. The summed E-state index contributed by atoms with van der Waals surface area (Å²) in [6, 6.07) is 90.5. The highest BCUT2D eigenvalue weighted by Gasteiger charge is 2.32. The quantitative estimate of drug-likeness (QED) is 0.0276. The SMILES string of the molecule is CC(C)(c1ccc(OC2CO2)cc1)c1ccc(OC2CO2)cc1.OC(COc1ccc(C(c2ccc(OCC3CO3)cc2)c2ccc(OCC3CO3)cc2)cc1)COc1ccc(C(c2ccc(OCC3CO3)cc2)c2ccc(OCC3CO3)cc2)cc1.c1cc(C(c2ccc(OCC3CO3)cc2)c2ccc(OCC3CO3)cc2)ccc1OCC1CO1. The van der Waals surface area contributed by atoms with E-state index in [1.807, 2.05) is 133 Å². The molecule has 9 heterocycles. The summed E-state index contributed by atoms with van der Waals surface area (Å²) in [6.45, 7) is 15.4. The predicted octanol–water partition coefficient (Wildman–Crippen LogP) is 15.7. The molecule has 9 unspecified atom stereocenters. The number of epoxide rings is 9. The fraction of sp³-hybridized carbons (Fsp3) is 0.340. The molecule has 9 fully saturated rings. The largest absolute Gasteiger partial charge is 0.491 e. The molecule has 9 saturated heterocycles. The van der Waals surface area contributed by atoms with Crippen LogP contribution in [0, 0.1) is 0 Å². The van der Waals surface area contributed by atoms with Crippen LogP contribution in [-0.4, -0.2) is 185 Å². The van der Waals surface area contributed by atoms with E-state index in [1.54, 1.807) is 0 Å². The zero-order valence-corrected chi connectivity index (χ0v) is 67.7. The summed E-state index contributed by atoms with van der Waals surface area (Å²) in [5.74, 6) is 8.81. The molecule has 626 valence electrons. The van der Waals surface area contributed by atoms with Crippen LogP contribution in [0.4, 0.5) is 0 Å². The van der Waals surface area contributed by atoms with Gasteiger partial charge in [-0.3, -0.25) is 0 Å². The third kappa shape index (κ3) is 24.1. The standard InChI is InChI=1S/C53H52O11.C28H28O6.C19H20O4/c54-41(25-55-42-13-1-35(2-14-42)52(37-5-17-44(18-6-37)57-27-48-31-61-48)38-7-19-45(20-8-38)58-28-49-32-62-49)26-56-43-15-3-36(4-16-43)53(39-9-21-46(22-10-39)59-29-50-33-63-50)40-11-23-47(24-12-40)60-30-51-34-64-51;1-7-22(29-13-25-16-32-25)8-2-19(1)28(20-3-9-23(10-4-20)30-14-26-17-33-26)21-5-11-24(12-6-21)31-15-27-18-34-27;1-19(2,13-3-7-15(8-4-13)22-17-11-20-17)14-5-9-16(10-6-14)23-18-12-21-18/h1-24,41,48-54H,25-34H2;1-12,25-28H,13-18H2;3-10,17-18H,11-12H2,1-2H3. The van der Waals surface area contributed by atoms with E-state index in [-0.39, 0.29) is 91.7 Å². The Balaban J connectivity index is 0.000000145. The molecule has 121 heavy (non-hydrogen) atoms. The fourth-order valence-corrected chi connectivity index (χ4v) is 14.0. The van der Waals surface area contributed by atoms with E-state index in [0.717, 1.165) is 131 Å². The lowest BCUT2D eigenvalue weighted by atomic mass is 9.78. The molecule has 21 heteroatoms. The number of hydrogen-bond donors (Lipinski definition) is 1. The Hall–Kier alpha value is -11.2. The van der Waals surface area contributed by atoms with Crippen LogP contribution in [0.25, 0.3) is 0 Å². The lowest BCUT2D eigenvalue weighted by molar-refractivity contribution is 0.0626. The molecule has 11 aromatic carbocycles. The Kier molecular flexibility index (Phi) is 25.6. The van der Waals surface area contributed by atoms with Gasteiger partial charge < -0.3 is 99.8 Å². The van der Waals surface area contributed by atoms with Crippen molar-refractivity contribution in [3.63, 3.8) is 0 Å². The number of aliphatic hydroxyl groups excluding tert-OH is 1. The van der Waals surface area contributed by atoms with Crippen LogP contribution in [0.5, 0.6) is 63.2 Å². The van der Waals surface area contributed by atoms with Crippen molar-refractivity contribution in [3.05, 3.63) is 328 Å². The molecule has 0 spiro atoms. The van der Waals surface area contributed by atoms with E-state index in [0.29, 0.717) is 71.0 Å². The van der Waals surface area contributed by atoms with Crippen LogP contribution < -0.4 is 52.1 Å². The summed E-state index contributed by atoms with van der Waals surface area (Å²) in [5.41, 5.74) is 12.6. The van der Waals surface area contributed by atoms with Crippen LogP contribution in [0.1, 0.15) is 92.8 Å². The monoisotopic (exact) mass is 1640 g/mol. The van der Waals surface area contributed by atoms with Crippen LogP contribution in [-0.2, 0) is 48.0 Å². The second-order valence-corrected chi connectivity index (χ2v) is 32.0. The van der Waals surface area contributed by atoms with Crippen molar-refractivity contribution >= 4 is 0 Å². The maximum Gasteiger partial charge on any atom is 0.223 e. The highest BCUT2D eigenvalue weighted by Crippen LogP contribution is 2.41. The molecule has 0 aromatic heterocycles. The average molecular weight is 1640 g/mol. The van der Waals surface area contributed by atoms with Gasteiger partial charge in [0.1, 0.15) is 185 Å². The molecular weight excluding hydrogens is 1540 g/mol. The second kappa shape index (κ2) is 38.3. The first-order valence-electron chi connectivity index (χ1n) is 41.8. The second-order valence-electron chi connectivity index (χ2n) is 32.0. The zero-order chi connectivity index (χ0) is 81.7. The van der Waals surface area contributed by atoms with Crippen LogP contribution in [0.2, 0.25) is 0 Å². The number of benzene rings is 11. The third-order valence-corrected chi connectivity index (χ3v) is 22.0. The molecule has 20 rings (SSSR count). The smallest absolute Gasteiger partial charge is 0.223 e. The molecule has 11 aromatic rings. The fourth-order valence-electron chi connectivity index (χ4n) is 14.0. The van der Waals surface area contributed by atoms with E-state index in [2.05, 4.69) is 147 Å². The first kappa shape index (κ1) is 80.9. The van der Waals surface area contributed by atoms with Crippen molar-refractivity contribution in [2.24, 2.45) is 0 Å². The van der Waals surface area contributed by atoms with E-state index >= 15 is 0 Å². The van der Waals surface area contributed by atoms with Gasteiger partial charge in [0.15, 0.2) is 0 Å². The van der Waals surface area contributed by atoms with Gasteiger partial charge in [0.05, 0.1) is 46.2 Å². The van der Waals surface area contributed by atoms with Gasteiger partial charge in [0, 0.05) is 23.2 Å². The van der Waals surface area contributed by atoms with Gasteiger partial charge in [0.2, 0.25) is 12.6 Å². The normalized spacial score (nSPS) is 21.7. The molecule has 0 bridgehead atoms. The van der Waals surface area contributed by atoms with E-state index in [1.165, 1.54) is 27.8 Å². The Labute approximate surface area is 704 Å². The van der Waals surface area contributed by atoms with Gasteiger partial charge in [-0.15, -0.1) is 0 Å². The summed E-state index contributed by atoms with van der Waals surface area (Å²) in [4.78, 5) is 0. The average Bonchev–Trinajstić information content (AvgIpc) is 1.27. The van der Waals surface area contributed by atoms with E-state index in [4.69, 9.17) is 94.7 Å². The summed E-state index contributed by atoms with van der Waals surface area (Å²) in [7, 11) is 0. The summed E-state index contributed by atoms with van der Waals surface area (Å²) in [5, 5.41) is 10.9. The minimum atomic E-state index is -0.848. The van der Waals surface area contributed by atoms with Gasteiger partial charge in [-0.2, -0.15) is 0 Å². The van der Waals surface area contributed by atoms with Crippen molar-refractivity contribution in [2.75, 3.05) is 119 Å². The molecular formula is C100H100O21. The highest BCUT2D eigenvalue weighted by atomic mass is 16.8. The summed E-state index contributed by atoms with van der Waals surface area (Å²) in [6.07, 6.45) is 0.537. The number of aliphatic hydroxyl groups is 1. The van der Waals surface area contributed by atoms with Crippen LogP contribution >= 0.6 is 0 Å². The zero-order valence-electron chi connectivity index (χ0n) is 67.7. The summed E-state index contributed by atoms with van der Waals surface area (Å²) < 4.78 is 112. The topological polar surface area (TPSA) is 235 Å². The minimum Gasteiger partial charge on any atom is -0.491 e. The molecule has 21 nitrogen and oxygen atoms in total. The van der Waals surface area contributed by atoms with Crippen LogP contribution in [0.3, 0.4) is 0 Å². The highest BCUT2D eigenvalue weighted by molar-refractivity contribution is 5.52. The van der Waals surface area contributed by atoms with Crippen molar-refractivity contribution < 1.29 is 99.8 Å². The Morgan fingerprint density at radius 1 is 0.231 bits per heavy atom. The molecule has 1 N–H and O–H groups in total. The van der Waals surface area contributed by atoms with Crippen molar-refractivity contribution in [1.82, 2.24) is 0 Å². The Morgan fingerprint density at radius 3 is 0.545 bits per heavy atom. The summed E-state index contributed by atoms with van der Waals surface area (Å²) >= 11 is 0. The molecule has 0 saturated carbocycles. The van der Waals surface area contributed by atoms with Crippen LogP contribution in [0.15, 0.2) is 267 Å². The molecule has 0 radical (unpaired) electrons.